The smallest absolute Gasteiger partial charge is 0.182 e. The van der Waals surface area contributed by atoms with Crippen LogP contribution in [-0.4, -0.2) is 18.7 Å². The second-order valence-electron chi connectivity index (χ2n) is 5.47. The summed E-state index contributed by atoms with van der Waals surface area (Å²) in [5, 5.41) is -0.271. The lowest BCUT2D eigenvalue weighted by molar-refractivity contribution is 0.593. The molecule has 0 amide bonds. The second-order valence-corrected chi connectivity index (χ2v) is 8.48. The Labute approximate surface area is 144 Å². The summed E-state index contributed by atoms with van der Waals surface area (Å²) in [6.07, 6.45) is 0. The molecular formula is C16H13ClFNO2S2. The number of rotatable bonds is 4. The van der Waals surface area contributed by atoms with Crippen LogP contribution in [0.5, 0.6) is 0 Å². The first-order chi connectivity index (χ1) is 10.8. The van der Waals surface area contributed by atoms with E-state index in [-0.39, 0.29) is 21.6 Å². The van der Waals surface area contributed by atoms with Crippen molar-refractivity contribution in [3.8, 4) is 0 Å². The number of hydrogen-bond acceptors (Lipinski definition) is 3. The molecule has 1 aliphatic carbocycles. The van der Waals surface area contributed by atoms with Crippen molar-refractivity contribution in [1.29, 1.82) is 0 Å². The Morgan fingerprint density at radius 1 is 1.09 bits per heavy atom. The van der Waals surface area contributed by atoms with E-state index in [1.54, 1.807) is 12.1 Å². The van der Waals surface area contributed by atoms with Gasteiger partial charge in [-0.3, -0.25) is 0 Å². The summed E-state index contributed by atoms with van der Waals surface area (Å²) in [5.41, 5.74) is 6.43. The standard InChI is InChI=1S/C16H13ClFNO2S2/c17-10-3-7-12(8-4-10)23(20,21)15-13(14(15)16(19)22)9-1-5-11(18)6-2-9/h1-8,13-15H,(H2,19,22)/t13-,14+,15-/m0/s1. The third-order valence-corrected chi connectivity index (χ3v) is 6.79. The van der Waals surface area contributed by atoms with Gasteiger partial charge in [0.2, 0.25) is 0 Å². The van der Waals surface area contributed by atoms with Gasteiger partial charge in [0.15, 0.2) is 9.84 Å². The van der Waals surface area contributed by atoms with Crippen LogP contribution in [0.2, 0.25) is 5.02 Å². The predicted molar refractivity (Wildman–Crippen MR) is 91.8 cm³/mol. The van der Waals surface area contributed by atoms with Gasteiger partial charge >= 0.3 is 0 Å². The Kier molecular flexibility index (Phi) is 4.16. The molecule has 1 aliphatic rings. The molecule has 2 aromatic carbocycles. The normalized spacial score (nSPS) is 23.5. The number of sulfone groups is 1. The second kappa shape index (κ2) is 5.85. The quantitative estimate of drug-likeness (QED) is 0.840. The molecule has 2 aromatic rings. The van der Waals surface area contributed by atoms with Crippen molar-refractivity contribution >= 4 is 38.6 Å². The van der Waals surface area contributed by atoms with Crippen LogP contribution in [0.25, 0.3) is 0 Å². The highest BCUT2D eigenvalue weighted by Crippen LogP contribution is 2.54. The Morgan fingerprint density at radius 2 is 1.65 bits per heavy atom. The Morgan fingerprint density at radius 3 is 2.17 bits per heavy atom. The van der Waals surface area contributed by atoms with Crippen LogP contribution < -0.4 is 5.73 Å². The third-order valence-electron chi connectivity index (χ3n) is 4.04. The van der Waals surface area contributed by atoms with Crippen LogP contribution in [0, 0.1) is 11.7 Å². The zero-order valence-corrected chi connectivity index (χ0v) is 14.2. The highest BCUT2D eigenvalue weighted by Gasteiger charge is 2.60. The van der Waals surface area contributed by atoms with E-state index < -0.39 is 21.0 Å². The Bertz CT molecular complexity index is 851. The van der Waals surface area contributed by atoms with E-state index in [0.717, 1.165) is 0 Å². The van der Waals surface area contributed by atoms with Crippen LogP contribution in [0.4, 0.5) is 4.39 Å². The van der Waals surface area contributed by atoms with E-state index in [1.165, 1.54) is 36.4 Å². The lowest BCUT2D eigenvalue weighted by Crippen LogP contribution is -2.17. The van der Waals surface area contributed by atoms with Crippen LogP contribution in [0.1, 0.15) is 11.5 Å². The minimum Gasteiger partial charge on any atom is -0.393 e. The van der Waals surface area contributed by atoms with Crippen molar-refractivity contribution in [2.24, 2.45) is 11.7 Å². The Balaban J connectivity index is 1.98. The highest BCUT2D eigenvalue weighted by molar-refractivity contribution is 7.92. The summed E-state index contributed by atoms with van der Waals surface area (Å²) < 4.78 is 38.8. The van der Waals surface area contributed by atoms with Crippen LogP contribution >= 0.6 is 23.8 Å². The minimum absolute atomic E-state index is 0.155. The van der Waals surface area contributed by atoms with Crippen molar-refractivity contribution < 1.29 is 12.8 Å². The maximum Gasteiger partial charge on any atom is 0.182 e. The topological polar surface area (TPSA) is 60.2 Å². The molecule has 0 unspecified atom stereocenters. The monoisotopic (exact) mass is 369 g/mol. The number of halogens is 2. The van der Waals surface area contributed by atoms with Crippen LogP contribution in [-0.2, 0) is 9.84 Å². The zero-order chi connectivity index (χ0) is 16.8. The molecule has 3 atom stereocenters. The first-order valence-corrected chi connectivity index (χ1v) is 9.20. The van der Waals surface area contributed by atoms with Gasteiger partial charge in [-0.25, -0.2) is 12.8 Å². The van der Waals surface area contributed by atoms with Crippen LogP contribution in [0.15, 0.2) is 53.4 Å². The summed E-state index contributed by atoms with van der Waals surface area (Å²) in [7, 11) is -3.60. The fourth-order valence-corrected chi connectivity index (χ4v) is 5.53. The SMILES string of the molecule is NC(=S)[C@@H]1[C@H](c2ccc(F)cc2)[C@@H]1S(=O)(=O)c1ccc(Cl)cc1. The number of nitrogens with two attached hydrogens (primary N) is 1. The van der Waals surface area contributed by atoms with Gasteiger partial charge in [-0.05, 0) is 42.0 Å². The molecule has 23 heavy (non-hydrogen) atoms. The minimum atomic E-state index is -3.60. The molecular weight excluding hydrogens is 357 g/mol. The first kappa shape index (κ1) is 16.4. The summed E-state index contributed by atoms with van der Waals surface area (Å²) in [6, 6.07) is 11.7. The van der Waals surface area contributed by atoms with Gasteiger partial charge in [0.25, 0.3) is 0 Å². The molecule has 120 valence electrons. The molecule has 7 heteroatoms. The number of hydrogen-bond donors (Lipinski definition) is 1. The summed E-state index contributed by atoms with van der Waals surface area (Å²) in [5.74, 6) is -1.18. The van der Waals surface area contributed by atoms with Gasteiger partial charge < -0.3 is 5.73 Å². The first-order valence-electron chi connectivity index (χ1n) is 6.86. The average molecular weight is 370 g/mol. The number of thiocarbonyl (C=S) groups is 1. The molecule has 0 aromatic heterocycles. The van der Waals surface area contributed by atoms with Gasteiger partial charge in [-0.15, -0.1) is 0 Å². The summed E-state index contributed by atoms with van der Waals surface area (Å²) in [6.45, 7) is 0. The Hall–Kier alpha value is -1.50. The van der Waals surface area contributed by atoms with Crippen molar-refractivity contribution in [1.82, 2.24) is 0 Å². The van der Waals surface area contributed by atoms with Crippen LogP contribution in [0.3, 0.4) is 0 Å². The van der Waals surface area contributed by atoms with Crippen molar-refractivity contribution in [2.45, 2.75) is 16.1 Å². The fraction of sp³-hybridized carbons (Fsp3) is 0.188. The molecule has 0 spiro atoms. The van der Waals surface area contributed by atoms with E-state index in [2.05, 4.69) is 0 Å². The summed E-state index contributed by atoms with van der Waals surface area (Å²) in [4.78, 5) is 0.333. The molecule has 0 bridgehead atoms. The fourth-order valence-electron chi connectivity index (χ4n) is 2.87. The predicted octanol–water partition coefficient (Wildman–Crippen LogP) is 3.32. The number of benzene rings is 2. The van der Waals surface area contributed by atoms with E-state index in [1.807, 2.05) is 0 Å². The third kappa shape index (κ3) is 2.98. The molecule has 1 fully saturated rings. The van der Waals surface area contributed by atoms with E-state index in [4.69, 9.17) is 29.6 Å². The molecule has 0 aliphatic heterocycles. The average Bonchev–Trinajstić information content (AvgIpc) is 3.25. The molecule has 1 saturated carbocycles. The van der Waals surface area contributed by atoms with Gasteiger partial charge in [-0.1, -0.05) is 36.0 Å². The largest absolute Gasteiger partial charge is 0.393 e. The van der Waals surface area contributed by atoms with Gasteiger partial charge in [0, 0.05) is 16.9 Å². The van der Waals surface area contributed by atoms with Crippen molar-refractivity contribution in [3.05, 3.63) is 64.9 Å². The van der Waals surface area contributed by atoms with Crippen molar-refractivity contribution in [2.75, 3.05) is 0 Å². The van der Waals surface area contributed by atoms with Crippen molar-refractivity contribution in [3.63, 3.8) is 0 Å². The molecule has 2 N–H and O–H groups in total. The van der Waals surface area contributed by atoms with Gasteiger partial charge in [0.1, 0.15) is 5.82 Å². The molecule has 3 nitrogen and oxygen atoms in total. The molecule has 0 radical (unpaired) electrons. The molecule has 0 saturated heterocycles. The zero-order valence-electron chi connectivity index (χ0n) is 11.8. The lowest BCUT2D eigenvalue weighted by atomic mass is 10.1. The van der Waals surface area contributed by atoms with E-state index in [0.29, 0.717) is 10.6 Å². The maximum atomic E-state index is 13.1. The van der Waals surface area contributed by atoms with Gasteiger partial charge in [0.05, 0.1) is 15.1 Å². The lowest BCUT2D eigenvalue weighted by Gasteiger charge is -2.04. The molecule has 3 rings (SSSR count). The summed E-state index contributed by atoms with van der Waals surface area (Å²) >= 11 is 10.8. The maximum absolute atomic E-state index is 13.1. The van der Waals surface area contributed by atoms with E-state index in [9.17, 15) is 12.8 Å². The van der Waals surface area contributed by atoms with E-state index >= 15 is 0 Å². The highest BCUT2D eigenvalue weighted by atomic mass is 35.5. The van der Waals surface area contributed by atoms with Gasteiger partial charge in [-0.2, -0.15) is 0 Å². The molecule has 0 heterocycles.